The third-order valence-corrected chi connectivity index (χ3v) is 7.18. The van der Waals surface area contributed by atoms with Crippen molar-refractivity contribution in [3.8, 4) is 5.75 Å². The van der Waals surface area contributed by atoms with Crippen LogP contribution in [0.25, 0.3) is 5.65 Å². The summed E-state index contributed by atoms with van der Waals surface area (Å²) >= 11 is 0. The Morgan fingerprint density at radius 1 is 1.20 bits per heavy atom. The predicted octanol–water partition coefficient (Wildman–Crippen LogP) is 3.69. The Bertz CT molecular complexity index is 1050. The molecule has 4 heterocycles. The smallest absolute Gasteiger partial charge is 0.259 e. The second-order valence-electron chi connectivity index (χ2n) is 8.66. The first-order valence-electron chi connectivity index (χ1n) is 10.7. The molecule has 2 bridgehead atoms. The number of piperidine rings is 2. The molecular weight excluding hydrogens is 376 g/mol. The van der Waals surface area contributed by atoms with Crippen LogP contribution >= 0.6 is 0 Å². The Labute approximate surface area is 176 Å². The Morgan fingerprint density at radius 3 is 2.67 bits per heavy atom. The van der Waals surface area contributed by atoms with E-state index in [0.29, 0.717) is 17.0 Å². The standard InChI is InChI=1S/C24H28N4O2/c1-27-16-17-8-11-24(27,12-9-17)21(18-6-4-3-5-7-18)26-23(29)20-19(30-2)10-14-28-15-13-25-22(20)28/h3-7,10,13-15,17,21H,8-9,11-12,16H2,1-2H3,(H,26,29)/t17?,21-,24?/m1/s1. The van der Waals surface area contributed by atoms with E-state index in [4.69, 9.17) is 4.74 Å². The number of carbonyl (C=O) groups excluding carboxylic acids is 1. The number of pyridine rings is 1. The maximum absolute atomic E-state index is 13.7. The molecule has 6 nitrogen and oxygen atoms in total. The van der Waals surface area contributed by atoms with E-state index >= 15 is 0 Å². The molecule has 1 atom stereocenters. The maximum Gasteiger partial charge on any atom is 0.259 e. The lowest BCUT2D eigenvalue weighted by molar-refractivity contribution is -0.0404. The number of fused-ring (bicyclic) bond motifs is 4. The van der Waals surface area contributed by atoms with Gasteiger partial charge in [-0.05, 0) is 50.3 Å². The van der Waals surface area contributed by atoms with Crippen molar-refractivity contribution < 1.29 is 9.53 Å². The van der Waals surface area contributed by atoms with Gasteiger partial charge in [0.05, 0.1) is 13.2 Å². The van der Waals surface area contributed by atoms with Crippen molar-refractivity contribution in [1.29, 1.82) is 0 Å². The first-order valence-corrected chi connectivity index (χ1v) is 10.7. The molecule has 3 aliphatic rings. The molecule has 30 heavy (non-hydrogen) atoms. The van der Waals surface area contributed by atoms with Gasteiger partial charge in [0.25, 0.3) is 5.91 Å². The largest absolute Gasteiger partial charge is 0.496 e. The van der Waals surface area contributed by atoms with Crippen LogP contribution < -0.4 is 10.1 Å². The minimum Gasteiger partial charge on any atom is -0.496 e. The summed E-state index contributed by atoms with van der Waals surface area (Å²) in [6.45, 7) is 1.10. The molecule has 6 rings (SSSR count). The van der Waals surface area contributed by atoms with E-state index < -0.39 is 0 Å². The van der Waals surface area contributed by atoms with Crippen LogP contribution in [0.15, 0.2) is 55.0 Å². The van der Waals surface area contributed by atoms with E-state index in [1.54, 1.807) is 13.3 Å². The van der Waals surface area contributed by atoms with E-state index in [9.17, 15) is 4.79 Å². The molecule has 0 radical (unpaired) electrons. The fraction of sp³-hybridized carbons (Fsp3) is 0.417. The van der Waals surface area contributed by atoms with E-state index in [2.05, 4.69) is 46.5 Å². The highest BCUT2D eigenvalue weighted by atomic mass is 16.5. The zero-order chi connectivity index (χ0) is 20.7. The van der Waals surface area contributed by atoms with Gasteiger partial charge in [0.1, 0.15) is 11.3 Å². The van der Waals surface area contributed by atoms with Crippen LogP contribution in [0.4, 0.5) is 0 Å². The third kappa shape index (κ3) is 2.98. The summed E-state index contributed by atoms with van der Waals surface area (Å²) < 4.78 is 7.38. The molecule has 1 saturated carbocycles. The molecule has 2 aromatic heterocycles. The number of methoxy groups -OCH3 is 1. The van der Waals surface area contributed by atoms with Crippen molar-refractivity contribution in [2.75, 3.05) is 20.7 Å². The molecule has 3 aromatic rings. The summed E-state index contributed by atoms with van der Waals surface area (Å²) in [4.78, 5) is 20.6. The van der Waals surface area contributed by atoms with Gasteiger partial charge in [-0.15, -0.1) is 0 Å². The number of benzene rings is 1. The molecule has 1 N–H and O–H groups in total. The van der Waals surface area contributed by atoms with E-state index in [1.165, 1.54) is 12.8 Å². The van der Waals surface area contributed by atoms with Gasteiger partial charge in [0.2, 0.25) is 0 Å². The second-order valence-corrected chi connectivity index (χ2v) is 8.66. The quantitative estimate of drug-likeness (QED) is 0.705. The normalized spacial score (nSPS) is 24.7. The molecule has 1 amide bonds. The number of hydrogen-bond donors (Lipinski definition) is 1. The fourth-order valence-corrected chi connectivity index (χ4v) is 5.55. The maximum atomic E-state index is 13.7. The van der Waals surface area contributed by atoms with Crippen molar-refractivity contribution in [3.05, 3.63) is 66.1 Å². The van der Waals surface area contributed by atoms with Crippen molar-refractivity contribution in [3.63, 3.8) is 0 Å². The van der Waals surface area contributed by atoms with Gasteiger partial charge in [-0.25, -0.2) is 4.98 Å². The van der Waals surface area contributed by atoms with Crippen LogP contribution in [0.2, 0.25) is 0 Å². The van der Waals surface area contributed by atoms with Crippen molar-refractivity contribution in [2.45, 2.75) is 37.3 Å². The van der Waals surface area contributed by atoms with Gasteiger partial charge in [-0.2, -0.15) is 0 Å². The number of likely N-dealkylation sites (N-methyl/N-ethyl adjacent to an activating group) is 1. The van der Waals surface area contributed by atoms with Crippen LogP contribution in [0.5, 0.6) is 5.75 Å². The number of carbonyl (C=O) groups is 1. The highest BCUT2D eigenvalue weighted by molar-refractivity contribution is 6.02. The van der Waals surface area contributed by atoms with Crippen LogP contribution in [-0.2, 0) is 0 Å². The van der Waals surface area contributed by atoms with Crippen LogP contribution in [0.3, 0.4) is 0 Å². The molecule has 156 valence electrons. The average Bonchev–Trinajstić information content (AvgIpc) is 3.26. The number of nitrogens with one attached hydrogen (secondary N) is 1. The highest BCUT2D eigenvalue weighted by Crippen LogP contribution is 2.49. The lowest BCUT2D eigenvalue weighted by atomic mass is 9.66. The first kappa shape index (κ1) is 19.1. The van der Waals surface area contributed by atoms with Crippen LogP contribution in [-0.4, -0.2) is 46.4 Å². The molecule has 1 aliphatic carbocycles. The fourth-order valence-electron chi connectivity index (χ4n) is 5.55. The summed E-state index contributed by atoms with van der Waals surface area (Å²) in [5.74, 6) is 1.17. The lowest BCUT2D eigenvalue weighted by Gasteiger charge is -2.57. The average molecular weight is 405 g/mol. The summed E-state index contributed by atoms with van der Waals surface area (Å²) in [7, 11) is 3.80. The molecular formula is C24H28N4O2. The predicted molar refractivity (Wildman–Crippen MR) is 116 cm³/mol. The van der Waals surface area contributed by atoms with Gasteiger partial charge in [0, 0.05) is 30.7 Å². The highest BCUT2D eigenvalue weighted by Gasteiger charge is 2.50. The number of amides is 1. The number of ether oxygens (including phenoxy) is 1. The Hall–Kier alpha value is -2.86. The zero-order valence-electron chi connectivity index (χ0n) is 17.5. The van der Waals surface area contributed by atoms with Gasteiger partial charge >= 0.3 is 0 Å². The monoisotopic (exact) mass is 404 g/mol. The SMILES string of the molecule is COc1ccn2ccnc2c1C(=O)N[C@H](c1ccccc1)C12CCC(CC1)CN2C. The molecule has 0 spiro atoms. The van der Waals surface area contributed by atoms with Crippen LogP contribution in [0, 0.1) is 5.92 Å². The summed E-state index contributed by atoms with van der Waals surface area (Å²) in [6.07, 6.45) is 10.1. The second kappa shape index (κ2) is 7.43. The van der Waals surface area contributed by atoms with Crippen molar-refractivity contribution >= 4 is 11.6 Å². The van der Waals surface area contributed by atoms with E-state index in [1.807, 2.05) is 28.9 Å². The van der Waals surface area contributed by atoms with Gasteiger partial charge in [-0.1, -0.05) is 30.3 Å². The number of rotatable bonds is 5. The van der Waals surface area contributed by atoms with Crippen molar-refractivity contribution in [1.82, 2.24) is 19.6 Å². The summed E-state index contributed by atoms with van der Waals surface area (Å²) in [5.41, 5.74) is 2.16. The minimum atomic E-state index is -0.145. The van der Waals surface area contributed by atoms with E-state index in [-0.39, 0.29) is 17.5 Å². The van der Waals surface area contributed by atoms with Gasteiger partial charge in [-0.3, -0.25) is 9.69 Å². The lowest BCUT2D eigenvalue weighted by Crippen LogP contribution is -2.62. The van der Waals surface area contributed by atoms with Crippen molar-refractivity contribution in [2.24, 2.45) is 5.92 Å². The third-order valence-electron chi connectivity index (χ3n) is 7.18. The Kier molecular flexibility index (Phi) is 4.74. The van der Waals surface area contributed by atoms with Gasteiger partial charge in [0.15, 0.2) is 5.65 Å². The molecule has 0 unspecified atom stereocenters. The number of imidazole rings is 1. The Balaban J connectivity index is 1.57. The molecule has 6 heteroatoms. The molecule has 3 fully saturated rings. The molecule has 2 aliphatic heterocycles. The Morgan fingerprint density at radius 2 is 1.97 bits per heavy atom. The first-order chi connectivity index (χ1) is 14.6. The summed E-state index contributed by atoms with van der Waals surface area (Å²) in [6, 6.07) is 12.1. The molecule has 1 aromatic carbocycles. The number of nitrogens with zero attached hydrogens (tertiary/aromatic N) is 3. The van der Waals surface area contributed by atoms with Crippen LogP contribution in [0.1, 0.15) is 47.6 Å². The minimum absolute atomic E-state index is 0.0700. The topological polar surface area (TPSA) is 58.9 Å². The zero-order valence-corrected chi connectivity index (χ0v) is 17.5. The molecule has 2 saturated heterocycles. The van der Waals surface area contributed by atoms with Gasteiger partial charge < -0.3 is 14.5 Å². The summed E-state index contributed by atoms with van der Waals surface area (Å²) in [5, 5.41) is 3.41. The van der Waals surface area contributed by atoms with E-state index in [0.717, 1.165) is 30.9 Å². The number of hydrogen-bond acceptors (Lipinski definition) is 4. The number of aromatic nitrogens is 2.